The van der Waals surface area contributed by atoms with E-state index >= 15 is 0 Å². The first kappa shape index (κ1) is 19.3. The van der Waals surface area contributed by atoms with E-state index in [1.54, 1.807) is 0 Å². The van der Waals surface area contributed by atoms with Crippen molar-refractivity contribution in [1.29, 1.82) is 0 Å². The molecule has 0 fully saturated rings. The number of urea groups is 1. The first-order valence-electron chi connectivity index (χ1n) is 9.20. The number of hydrogen-bond acceptors (Lipinski definition) is 3. The second kappa shape index (κ2) is 10.0. The normalized spacial score (nSPS) is 10.2. The molecule has 0 aliphatic carbocycles. The lowest BCUT2D eigenvalue weighted by molar-refractivity contribution is 0.247. The van der Waals surface area contributed by atoms with Crippen molar-refractivity contribution in [3.63, 3.8) is 0 Å². The van der Waals surface area contributed by atoms with E-state index in [0.717, 1.165) is 22.6 Å². The van der Waals surface area contributed by atoms with Crippen LogP contribution in [0, 0.1) is 6.92 Å². The Kier molecular flexibility index (Phi) is 6.90. The molecule has 144 valence electrons. The summed E-state index contributed by atoms with van der Waals surface area (Å²) in [5, 5.41) is 5.56. The third-order valence-electron chi connectivity index (χ3n) is 4.01. The van der Waals surface area contributed by atoms with Gasteiger partial charge in [-0.25, -0.2) is 4.79 Å². The van der Waals surface area contributed by atoms with E-state index < -0.39 is 0 Å². The zero-order valence-corrected chi connectivity index (χ0v) is 15.9. The highest BCUT2D eigenvalue weighted by molar-refractivity contribution is 5.89. The topological polar surface area (TPSA) is 59.6 Å². The first-order valence-corrected chi connectivity index (χ1v) is 9.20. The summed E-state index contributed by atoms with van der Waals surface area (Å²) in [6.07, 6.45) is 0. The highest BCUT2D eigenvalue weighted by Gasteiger charge is 2.02. The van der Waals surface area contributed by atoms with Gasteiger partial charge >= 0.3 is 6.03 Å². The molecule has 0 unspecified atom stereocenters. The molecule has 5 nitrogen and oxygen atoms in total. The van der Waals surface area contributed by atoms with Crippen LogP contribution in [0.1, 0.15) is 11.1 Å². The summed E-state index contributed by atoms with van der Waals surface area (Å²) in [7, 11) is 0. The third kappa shape index (κ3) is 6.36. The van der Waals surface area contributed by atoms with Crippen LogP contribution in [-0.2, 0) is 6.61 Å². The fourth-order valence-corrected chi connectivity index (χ4v) is 2.59. The summed E-state index contributed by atoms with van der Waals surface area (Å²) in [5.74, 6) is 1.55. The molecule has 0 aromatic heterocycles. The van der Waals surface area contributed by atoms with Crippen LogP contribution < -0.4 is 20.1 Å². The molecule has 5 heteroatoms. The van der Waals surface area contributed by atoms with E-state index in [1.807, 2.05) is 85.8 Å². The van der Waals surface area contributed by atoms with E-state index in [9.17, 15) is 4.79 Å². The van der Waals surface area contributed by atoms with E-state index in [0.29, 0.717) is 25.4 Å². The molecular formula is C23H24N2O3. The predicted octanol–water partition coefficient (Wildman–Crippen LogP) is 4.77. The fraction of sp³-hybridized carbons (Fsp3) is 0.174. The van der Waals surface area contributed by atoms with Gasteiger partial charge in [0.15, 0.2) is 0 Å². The van der Waals surface area contributed by atoms with E-state index in [1.165, 1.54) is 0 Å². The SMILES string of the molecule is Cc1cccc(OCCNC(=O)Nc2ccc(OCc3ccccc3)cc2)c1. The van der Waals surface area contributed by atoms with Gasteiger partial charge in [0.2, 0.25) is 0 Å². The quantitative estimate of drug-likeness (QED) is 0.557. The van der Waals surface area contributed by atoms with Gasteiger partial charge in [-0.05, 0) is 54.4 Å². The van der Waals surface area contributed by atoms with Crippen molar-refractivity contribution in [2.24, 2.45) is 0 Å². The third-order valence-corrected chi connectivity index (χ3v) is 4.01. The average Bonchev–Trinajstić information content (AvgIpc) is 2.72. The number of ether oxygens (including phenoxy) is 2. The molecule has 3 aromatic rings. The number of carbonyl (C=O) groups excluding carboxylic acids is 1. The van der Waals surface area contributed by atoms with E-state index in [4.69, 9.17) is 9.47 Å². The van der Waals surface area contributed by atoms with Gasteiger partial charge in [0.1, 0.15) is 24.7 Å². The smallest absolute Gasteiger partial charge is 0.319 e. The molecule has 0 bridgehead atoms. The van der Waals surface area contributed by atoms with Crippen LogP contribution in [0.3, 0.4) is 0 Å². The fourth-order valence-electron chi connectivity index (χ4n) is 2.59. The molecule has 3 rings (SSSR count). The number of nitrogens with one attached hydrogen (secondary N) is 2. The van der Waals surface area contributed by atoms with Crippen LogP contribution in [0.15, 0.2) is 78.9 Å². The number of rotatable bonds is 8. The Morgan fingerprint density at radius 2 is 1.64 bits per heavy atom. The van der Waals surface area contributed by atoms with Crippen LogP contribution >= 0.6 is 0 Å². The molecule has 0 aliphatic rings. The number of carbonyl (C=O) groups is 1. The van der Waals surface area contributed by atoms with Gasteiger partial charge in [-0.2, -0.15) is 0 Å². The molecule has 2 amide bonds. The summed E-state index contributed by atoms with van der Waals surface area (Å²) >= 11 is 0. The number of anilines is 1. The van der Waals surface area contributed by atoms with Crippen molar-refractivity contribution >= 4 is 11.7 Å². The molecule has 28 heavy (non-hydrogen) atoms. The summed E-state index contributed by atoms with van der Waals surface area (Å²) in [5.41, 5.74) is 2.94. The van der Waals surface area contributed by atoms with E-state index in [-0.39, 0.29) is 6.03 Å². The average molecular weight is 376 g/mol. The molecule has 0 saturated carbocycles. The van der Waals surface area contributed by atoms with Crippen molar-refractivity contribution in [3.8, 4) is 11.5 Å². The predicted molar refractivity (Wildman–Crippen MR) is 111 cm³/mol. The van der Waals surface area contributed by atoms with Gasteiger partial charge < -0.3 is 20.1 Å². The lowest BCUT2D eigenvalue weighted by Crippen LogP contribution is -2.32. The Morgan fingerprint density at radius 3 is 2.39 bits per heavy atom. The lowest BCUT2D eigenvalue weighted by atomic mass is 10.2. The molecule has 0 aliphatic heterocycles. The molecule has 0 spiro atoms. The monoisotopic (exact) mass is 376 g/mol. The molecule has 3 aromatic carbocycles. The second-order valence-corrected chi connectivity index (χ2v) is 6.34. The summed E-state index contributed by atoms with van der Waals surface area (Å²) in [6, 6.07) is 24.8. The van der Waals surface area contributed by atoms with Crippen molar-refractivity contribution < 1.29 is 14.3 Å². The largest absolute Gasteiger partial charge is 0.492 e. The van der Waals surface area contributed by atoms with Crippen LogP contribution in [0.4, 0.5) is 10.5 Å². The number of amides is 2. The Balaban J connectivity index is 1.37. The minimum atomic E-state index is -0.272. The van der Waals surface area contributed by atoms with Crippen molar-refractivity contribution in [2.75, 3.05) is 18.5 Å². The van der Waals surface area contributed by atoms with Crippen molar-refractivity contribution in [3.05, 3.63) is 90.0 Å². The molecule has 2 N–H and O–H groups in total. The molecule has 0 radical (unpaired) electrons. The molecular weight excluding hydrogens is 352 g/mol. The lowest BCUT2D eigenvalue weighted by Gasteiger charge is -2.10. The van der Waals surface area contributed by atoms with Gasteiger partial charge in [-0.3, -0.25) is 0 Å². The van der Waals surface area contributed by atoms with Crippen molar-refractivity contribution in [1.82, 2.24) is 5.32 Å². The van der Waals surface area contributed by atoms with Gasteiger partial charge in [0, 0.05) is 5.69 Å². The molecule has 0 heterocycles. The maximum Gasteiger partial charge on any atom is 0.319 e. The highest BCUT2D eigenvalue weighted by Crippen LogP contribution is 2.17. The van der Waals surface area contributed by atoms with Gasteiger partial charge in [0.25, 0.3) is 0 Å². The van der Waals surface area contributed by atoms with Crippen LogP contribution in [-0.4, -0.2) is 19.2 Å². The summed E-state index contributed by atoms with van der Waals surface area (Å²) in [4.78, 5) is 12.0. The Morgan fingerprint density at radius 1 is 0.857 bits per heavy atom. The zero-order valence-electron chi connectivity index (χ0n) is 15.9. The molecule has 0 saturated heterocycles. The minimum absolute atomic E-state index is 0.272. The number of aryl methyl sites for hydroxylation is 1. The summed E-state index contributed by atoms with van der Waals surface area (Å²) < 4.78 is 11.3. The molecule has 0 atom stereocenters. The number of benzene rings is 3. The van der Waals surface area contributed by atoms with Crippen LogP contribution in [0.5, 0.6) is 11.5 Å². The van der Waals surface area contributed by atoms with E-state index in [2.05, 4.69) is 10.6 Å². The van der Waals surface area contributed by atoms with Gasteiger partial charge in [-0.15, -0.1) is 0 Å². The first-order chi connectivity index (χ1) is 13.7. The Labute approximate surface area is 165 Å². The standard InChI is InChI=1S/C23H24N2O3/c1-18-6-5-9-22(16-18)27-15-14-24-23(26)25-20-10-12-21(13-11-20)28-17-19-7-3-2-4-8-19/h2-13,16H,14-15,17H2,1H3,(H2,24,25,26). The zero-order chi connectivity index (χ0) is 19.6. The van der Waals surface area contributed by atoms with Gasteiger partial charge in [0.05, 0.1) is 6.54 Å². The Hall–Kier alpha value is -3.47. The van der Waals surface area contributed by atoms with Gasteiger partial charge in [-0.1, -0.05) is 42.5 Å². The number of hydrogen-bond donors (Lipinski definition) is 2. The second-order valence-electron chi connectivity index (χ2n) is 6.34. The Bertz CT molecular complexity index is 880. The van der Waals surface area contributed by atoms with Crippen LogP contribution in [0.2, 0.25) is 0 Å². The maximum atomic E-state index is 12.0. The summed E-state index contributed by atoms with van der Waals surface area (Å²) in [6.45, 7) is 3.34. The van der Waals surface area contributed by atoms with Crippen molar-refractivity contribution in [2.45, 2.75) is 13.5 Å². The highest BCUT2D eigenvalue weighted by atomic mass is 16.5. The minimum Gasteiger partial charge on any atom is -0.492 e. The maximum absolute atomic E-state index is 12.0. The van der Waals surface area contributed by atoms with Crippen LogP contribution in [0.25, 0.3) is 0 Å².